The van der Waals surface area contributed by atoms with Crippen molar-refractivity contribution in [3.8, 4) is 11.4 Å². The lowest BCUT2D eigenvalue weighted by Crippen LogP contribution is -2.08. The minimum atomic E-state index is -0.209. The summed E-state index contributed by atoms with van der Waals surface area (Å²) in [6.45, 7) is 1.56. The lowest BCUT2D eigenvalue weighted by Gasteiger charge is -2.08. The number of H-pyrrole nitrogens is 1. The fourth-order valence-electron chi connectivity index (χ4n) is 2.80. The average Bonchev–Trinajstić information content (AvgIpc) is 3.24. The van der Waals surface area contributed by atoms with Crippen molar-refractivity contribution in [1.29, 1.82) is 0 Å². The van der Waals surface area contributed by atoms with Gasteiger partial charge in [0.25, 0.3) is 5.56 Å². The second kappa shape index (κ2) is 6.11. The Hall–Kier alpha value is -3.22. The normalized spacial score (nSPS) is 11.2. The molecule has 0 aliphatic rings. The van der Waals surface area contributed by atoms with Gasteiger partial charge in [0, 0.05) is 31.0 Å². The van der Waals surface area contributed by atoms with Crippen LogP contribution in [0, 0.1) is 0 Å². The van der Waals surface area contributed by atoms with Crippen LogP contribution in [0.1, 0.15) is 6.42 Å². The van der Waals surface area contributed by atoms with Gasteiger partial charge in [-0.1, -0.05) is 30.3 Å². The van der Waals surface area contributed by atoms with E-state index in [9.17, 15) is 4.79 Å². The van der Waals surface area contributed by atoms with E-state index in [0.717, 1.165) is 30.9 Å². The highest BCUT2D eigenvalue weighted by molar-refractivity contribution is 5.68. The Morgan fingerprint density at radius 2 is 1.83 bits per heavy atom. The fourth-order valence-corrected chi connectivity index (χ4v) is 2.80. The number of nitrogens with zero attached hydrogens (tertiary/aromatic N) is 5. The zero-order chi connectivity index (χ0) is 16.4. The fraction of sp³-hybridized carbons (Fsp3) is 0.176. The van der Waals surface area contributed by atoms with Crippen molar-refractivity contribution in [2.75, 3.05) is 0 Å². The van der Waals surface area contributed by atoms with Gasteiger partial charge < -0.3 is 14.1 Å². The zero-order valence-corrected chi connectivity index (χ0v) is 13.0. The first-order chi connectivity index (χ1) is 11.8. The largest absolute Gasteiger partial charge is 0.331 e. The molecule has 7 nitrogen and oxygen atoms in total. The molecule has 24 heavy (non-hydrogen) atoms. The van der Waals surface area contributed by atoms with Crippen LogP contribution in [-0.2, 0) is 13.1 Å². The van der Waals surface area contributed by atoms with E-state index in [1.165, 1.54) is 6.33 Å². The minimum absolute atomic E-state index is 0.209. The van der Waals surface area contributed by atoms with Gasteiger partial charge in [-0.3, -0.25) is 4.79 Å². The van der Waals surface area contributed by atoms with Crippen molar-refractivity contribution in [1.82, 2.24) is 29.1 Å². The van der Waals surface area contributed by atoms with Gasteiger partial charge in [-0.25, -0.2) is 15.0 Å². The monoisotopic (exact) mass is 320 g/mol. The third-order valence-electron chi connectivity index (χ3n) is 3.95. The molecule has 0 bridgehead atoms. The SMILES string of the molecule is O=c1[nH]cnc2c1ncn2CCCn1ccnc1-c1ccccc1. The molecule has 1 aromatic carbocycles. The number of hydrogen-bond acceptors (Lipinski definition) is 4. The van der Waals surface area contributed by atoms with Crippen molar-refractivity contribution >= 4 is 11.2 Å². The molecule has 7 heteroatoms. The van der Waals surface area contributed by atoms with Crippen LogP contribution >= 0.6 is 0 Å². The van der Waals surface area contributed by atoms with E-state index < -0.39 is 0 Å². The Labute approximate surface area is 137 Å². The van der Waals surface area contributed by atoms with Gasteiger partial charge in [0.1, 0.15) is 5.82 Å². The number of aryl methyl sites for hydroxylation is 2. The molecule has 0 atom stereocenters. The predicted molar refractivity (Wildman–Crippen MR) is 90.4 cm³/mol. The summed E-state index contributed by atoms with van der Waals surface area (Å²) in [7, 11) is 0. The van der Waals surface area contributed by atoms with E-state index in [1.54, 1.807) is 6.33 Å². The quantitative estimate of drug-likeness (QED) is 0.610. The summed E-state index contributed by atoms with van der Waals surface area (Å²) in [5.41, 5.74) is 1.89. The maximum Gasteiger partial charge on any atom is 0.278 e. The van der Waals surface area contributed by atoms with E-state index in [-0.39, 0.29) is 5.56 Å². The van der Waals surface area contributed by atoms with E-state index in [1.807, 2.05) is 35.2 Å². The first-order valence-corrected chi connectivity index (χ1v) is 7.78. The molecule has 0 saturated carbocycles. The van der Waals surface area contributed by atoms with Crippen molar-refractivity contribution in [2.45, 2.75) is 19.5 Å². The number of aromatic nitrogens is 6. The van der Waals surface area contributed by atoms with Gasteiger partial charge in [-0.15, -0.1) is 0 Å². The molecule has 0 unspecified atom stereocenters. The molecule has 120 valence electrons. The molecule has 4 rings (SSSR count). The average molecular weight is 320 g/mol. The van der Waals surface area contributed by atoms with Gasteiger partial charge in [0.15, 0.2) is 11.2 Å². The topological polar surface area (TPSA) is 81.4 Å². The summed E-state index contributed by atoms with van der Waals surface area (Å²) in [5.74, 6) is 0.959. The number of rotatable bonds is 5. The van der Waals surface area contributed by atoms with Crippen LogP contribution in [0.25, 0.3) is 22.6 Å². The van der Waals surface area contributed by atoms with Gasteiger partial charge in [-0.2, -0.15) is 0 Å². The summed E-state index contributed by atoms with van der Waals surface area (Å²) < 4.78 is 4.04. The number of nitrogens with one attached hydrogen (secondary N) is 1. The Morgan fingerprint density at radius 1 is 1.00 bits per heavy atom. The lowest BCUT2D eigenvalue weighted by atomic mass is 10.2. The zero-order valence-electron chi connectivity index (χ0n) is 13.0. The summed E-state index contributed by atoms with van der Waals surface area (Å²) >= 11 is 0. The van der Waals surface area contributed by atoms with E-state index in [4.69, 9.17) is 0 Å². The van der Waals surface area contributed by atoms with Crippen LogP contribution in [0.15, 0.2) is 60.2 Å². The number of aromatic amines is 1. The molecule has 0 aliphatic heterocycles. The molecule has 0 fully saturated rings. The first kappa shape index (κ1) is 14.4. The van der Waals surface area contributed by atoms with Crippen LogP contribution in [0.4, 0.5) is 0 Å². The summed E-state index contributed by atoms with van der Waals surface area (Å²) in [4.78, 5) is 27.0. The number of fused-ring (bicyclic) bond motifs is 1. The lowest BCUT2D eigenvalue weighted by molar-refractivity contribution is 0.572. The van der Waals surface area contributed by atoms with Crippen LogP contribution in [-0.4, -0.2) is 29.1 Å². The summed E-state index contributed by atoms with van der Waals surface area (Å²) in [6.07, 6.45) is 7.76. The molecule has 3 aromatic heterocycles. The minimum Gasteiger partial charge on any atom is -0.331 e. The molecule has 1 N–H and O–H groups in total. The number of benzene rings is 1. The van der Waals surface area contributed by atoms with Gasteiger partial charge in [0.05, 0.1) is 12.7 Å². The van der Waals surface area contributed by atoms with E-state index >= 15 is 0 Å². The molecule has 0 saturated heterocycles. The van der Waals surface area contributed by atoms with Gasteiger partial charge >= 0.3 is 0 Å². The maximum absolute atomic E-state index is 11.7. The molecule has 0 amide bonds. The van der Waals surface area contributed by atoms with Crippen molar-refractivity contribution in [3.63, 3.8) is 0 Å². The van der Waals surface area contributed by atoms with Crippen LogP contribution in [0.3, 0.4) is 0 Å². The summed E-state index contributed by atoms with van der Waals surface area (Å²) in [5, 5.41) is 0. The summed E-state index contributed by atoms with van der Waals surface area (Å²) in [6, 6.07) is 10.1. The molecule has 0 aliphatic carbocycles. The highest BCUT2D eigenvalue weighted by Crippen LogP contribution is 2.17. The van der Waals surface area contributed by atoms with Crippen LogP contribution in [0.5, 0.6) is 0 Å². The smallest absolute Gasteiger partial charge is 0.278 e. The Bertz CT molecular complexity index is 1010. The Kier molecular flexibility index (Phi) is 3.66. The molecule has 0 spiro atoms. The first-order valence-electron chi connectivity index (χ1n) is 7.78. The standard InChI is InChI=1S/C17H16N6O/c24-17-14-16(19-11-20-17)23(12-21-14)9-4-8-22-10-7-18-15(22)13-5-2-1-3-6-13/h1-3,5-7,10-12H,4,8-9H2,(H,19,20,24). The molecule has 3 heterocycles. The van der Waals surface area contributed by atoms with Crippen molar-refractivity contribution in [2.24, 2.45) is 0 Å². The third-order valence-corrected chi connectivity index (χ3v) is 3.95. The number of imidazole rings is 2. The maximum atomic E-state index is 11.7. The van der Waals surface area contributed by atoms with Crippen LogP contribution in [0.2, 0.25) is 0 Å². The molecule has 4 aromatic rings. The molecular formula is C17H16N6O. The number of hydrogen-bond donors (Lipinski definition) is 1. The van der Waals surface area contributed by atoms with E-state index in [0.29, 0.717) is 11.2 Å². The Balaban J connectivity index is 1.49. The van der Waals surface area contributed by atoms with Gasteiger partial charge in [0.2, 0.25) is 0 Å². The highest BCUT2D eigenvalue weighted by Gasteiger charge is 2.08. The predicted octanol–water partition coefficient (Wildman–Crippen LogP) is 2.07. The van der Waals surface area contributed by atoms with E-state index in [2.05, 4.69) is 36.6 Å². The van der Waals surface area contributed by atoms with Crippen molar-refractivity contribution < 1.29 is 0 Å². The molecular weight excluding hydrogens is 304 g/mol. The van der Waals surface area contributed by atoms with Crippen LogP contribution < -0.4 is 5.56 Å². The highest BCUT2D eigenvalue weighted by atomic mass is 16.1. The van der Waals surface area contributed by atoms with Crippen molar-refractivity contribution in [3.05, 3.63) is 65.7 Å². The second-order valence-corrected chi connectivity index (χ2v) is 5.51. The second-order valence-electron chi connectivity index (χ2n) is 5.51. The third kappa shape index (κ3) is 2.60. The molecule has 0 radical (unpaired) electrons. The Morgan fingerprint density at radius 3 is 2.71 bits per heavy atom. The van der Waals surface area contributed by atoms with Gasteiger partial charge in [-0.05, 0) is 6.42 Å².